The van der Waals surface area contributed by atoms with E-state index in [9.17, 15) is 19.2 Å². The average Bonchev–Trinajstić information content (AvgIpc) is 3.40. The number of rotatable bonds is 13. The number of esters is 2. The van der Waals surface area contributed by atoms with Crippen molar-refractivity contribution in [3.05, 3.63) is 116 Å². The van der Waals surface area contributed by atoms with Gasteiger partial charge in [0, 0.05) is 0 Å². The maximum Gasteiger partial charge on any atom is 0.343 e. The first kappa shape index (κ1) is 37.8. The normalized spacial score (nSPS) is 14.0. The van der Waals surface area contributed by atoms with Crippen LogP contribution in [0.1, 0.15) is 53.9 Å². The maximum absolute atomic E-state index is 14.2. The molecule has 1 aromatic heterocycles. The Bertz CT molecular complexity index is 2190. The molecule has 51 heavy (non-hydrogen) atoms. The minimum absolute atomic E-state index is 0.126. The summed E-state index contributed by atoms with van der Waals surface area (Å²) in [5, 5.41) is 9.15. The van der Waals surface area contributed by atoms with Gasteiger partial charge in [0.2, 0.25) is 0 Å². The molecule has 4 aromatic rings. The number of carboxylic acids is 1. The summed E-state index contributed by atoms with van der Waals surface area (Å²) in [6.07, 6.45) is 1.75. The van der Waals surface area contributed by atoms with Crippen LogP contribution in [0, 0.1) is 3.57 Å². The van der Waals surface area contributed by atoms with E-state index < -0.39 is 23.9 Å². The molecule has 1 aliphatic rings. The number of fused-ring (bicyclic) bond motifs is 1. The predicted octanol–water partition coefficient (Wildman–Crippen LogP) is 5.39. The van der Waals surface area contributed by atoms with Crippen LogP contribution in [0.2, 0.25) is 0 Å². The molecule has 15 heteroatoms. The fourth-order valence-corrected chi connectivity index (χ4v) is 8.05. The number of hydrogen-bond donors (Lipinski definition) is 1. The van der Waals surface area contributed by atoms with E-state index in [1.54, 1.807) is 57.2 Å². The number of thiazole rings is 1. The van der Waals surface area contributed by atoms with E-state index >= 15 is 0 Å². The van der Waals surface area contributed by atoms with Crippen molar-refractivity contribution in [2.45, 2.75) is 33.4 Å². The number of aromatic nitrogens is 1. The second-order valence-electron chi connectivity index (χ2n) is 10.9. The molecule has 0 amide bonds. The fourth-order valence-electron chi connectivity index (χ4n) is 5.24. The molecule has 0 fully saturated rings. The molecule has 0 spiro atoms. The number of nitrogens with zero attached hydrogens (tertiary/aromatic N) is 2. The van der Waals surface area contributed by atoms with Gasteiger partial charge in [-0.2, -0.15) is 0 Å². The van der Waals surface area contributed by atoms with Gasteiger partial charge in [-0.25, -0.2) is 19.4 Å². The molecule has 1 atom stereocenters. The third kappa shape index (κ3) is 8.53. The van der Waals surface area contributed by atoms with Crippen molar-refractivity contribution < 1.29 is 43.2 Å². The van der Waals surface area contributed by atoms with E-state index in [4.69, 9.17) is 24.1 Å². The van der Waals surface area contributed by atoms with E-state index in [0.29, 0.717) is 48.9 Å². The number of methoxy groups -OCH3 is 1. The fraction of sp³-hybridized carbons (Fsp3) is 0.250. The van der Waals surface area contributed by atoms with Crippen molar-refractivity contribution in [2.24, 2.45) is 4.99 Å². The van der Waals surface area contributed by atoms with Crippen molar-refractivity contribution in [2.75, 3.05) is 26.9 Å². The molecular formula is C36H32BrIN2O10S. The quantitative estimate of drug-likeness (QED) is 0.137. The first-order chi connectivity index (χ1) is 24.4. The number of carbonyl (C=O) groups excluding carboxylic acids is 2. The summed E-state index contributed by atoms with van der Waals surface area (Å²) in [5.41, 5.74) is 2.51. The van der Waals surface area contributed by atoms with Crippen LogP contribution in [-0.4, -0.2) is 54.5 Å². The van der Waals surface area contributed by atoms with Gasteiger partial charge in [-0.15, -0.1) is 0 Å². The SMILES string of the molecule is CCOC(=O)C1=C(C)N=c2s/c(=C\c3cc(Br)c(OCc4ccc(C(=O)O)cc4)c(I)c3)c(=O)n2[C@H]1c1ccc(OCC(=O)OC)c(OCC)c1. The highest BCUT2D eigenvalue weighted by atomic mass is 127. The van der Waals surface area contributed by atoms with Crippen LogP contribution < -0.4 is 29.1 Å². The first-order valence-corrected chi connectivity index (χ1v) is 18.2. The highest BCUT2D eigenvalue weighted by Gasteiger charge is 2.34. The summed E-state index contributed by atoms with van der Waals surface area (Å²) in [6, 6.07) is 14.2. The van der Waals surface area contributed by atoms with E-state index in [-0.39, 0.29) is 36.5 Å². The average molecular weight is 892 g/mol. The molecule has 3 aromatic carbocycles. The summed E-state index contributed by atoms with van der Waals surface area (Å²) < 4.78 is 30.9. The highest BCUT2D eigenvalue weighted by Crippen LogP contribution is 2.37. The summed E-state index contributed by atoms with van der Waals surface area (Å²) in [7, 11) is 1.26. The van der Waals surface area contributed by atoms with Gasteiger partial charge < -0.3 is 28.8 Å². The minimum Gasteiger partial charge on any atom is -0.490 e. The van der Waals surface area contributed by atoms with Gasteiger partial charge >= 0.3 is 17.9 Å². The molecule has 0 aliphatic carbocycles. The lowest BCUT2D eigenvalue weighted by Crippen LogP contribution is -2.40. The van der Waals surface area contributed by atoms with Crippen molar-refractivity contribution in [1.29, 1.82) is 0 Å². The molecule has 1 aliphatic heterocycles. The van der Waals surface area contributed by atoms with Gasteiger partial charge in [0.15, 0.2) is 22.9 Å². The van der Waals surface area contributed by atoms with Crippen molar-refractivity contribution in [1.82, 2.24) is 4.57 Å². The Balaban J connectivity index is 1.54. The predicted molar refractivity (Wildman–Crippen MR) is 200 cm³/mol. The number of aromatic carboxylic acids is 1. The molecule has 266 valence electrons. The zero-order valence-electron chi connectivity index (χ0n) is 27.9. The molecule has 1 N–H and O–H groups in total. The zero-order valence-corrected chi connectivity index (χ0v) is 32.4. The maximum atomic E-state index is 14.2. The lowest BCUT2D eigenvalue weighted by atomic mass is 9.95. The van der Waals surface area contributed by atoms with Crippen molar-refractivity contribution >= 4 is 73.8 Å². The second kappa shape index (κ2) is 16.7. The number of ether oxygens (including phenoxy) is 5. The zero-order chi connectivity index (χ0) is 36.8. The number of halogens is 2. The Labute approximate surface area is 318 Å². The van der Waals surface area contributed by atoms with Crippen molar-refractivity contribution in [3.8, 4) is 17.2 Å². The van der Waals surface area contributed by atoms with Crippen LogP contribution in [0.3, 0.4) is 0 Å². The van der Waals surface area contributed by atoms with Gasteiger partial charge in [0.25, 0.3) is 5.56 Å². The number of carbonyl (C=O) groups is 3. The van der Waals surface area contributed by atoms with Crippen LogP contribution in [-0.2, 0) is 25.7 Å². The van der Waals surface area contributed by atoms with Crippen LogP contribution in [0.15, 0.2) is 80.1 Å². The smallest absolute Gasteiger partial charge is 0.343 e. The van der Waals surface area contributed by atoms with E-state index in [0.717, 1.165) is 14.7 Å². The van der Waals surface area contributed by atoms with E-state index in [1.807, 2.05) is 12.1 Å². The largest absolute Gasteiger partial charge is 0.490 e. The van der Waals surface area contributed by atoms with Gasteiger partial charge in [0.05, 0.1) is 55.8 Å². The van der Waals surface area contributed by atoms with Crippen LogP contribution in [0.4, 0.5) is 0 Å². The van der Waals surface area contributed by atoms with Crippen LogP contribution in [0.25, 0.3) is 6.08 Å². The molecular weight excluding hydrogens is 859 g/mol. The molecule has 0 saturated heterocycles. The summed E-state index contributed by atoms with van der Waals surface area (Å²) >= 11 is 6.94. The number of allylic oxidation sites excluding steroid dienone is 1. The lowest BCUT2D eigenvalue weighted by Gasteiger charge is -2.25. The topological polar surface area (TPSA) is 152 Å². The van der Waals surface area contributed by atoms with Gasteiger partial charge in [-0.1, -0.05) is 29.5 Å². The molecule has 12 nitrogen and oxygen atoms in total. The molecule has 0 saturated carbocycles. The molecule has 0 radical (unpaired) electrons. The summed E-state index contributed by atoms with van der Waals surface area (Å²) in [4.78, 5) is 55.5. The van der Waals surface area contributed by atoms with Gasteiger partial charge in [0.1, 0.15) is 12.4 Å². The Hall–Kier alpha value is -4.48. The molecule has 5 rings (SSSR count). The Morgan fingerprint density at radius 2 is 1.76 bits per heavy atom. The van der Waals surface area contributed by atoms with Crippen LogP contribution >= 0.6 is 49.9 Å². The number of carboxylic acid groups (broad SMARTS) is 1. The highest BCUT2D eigenvalue weighted by molar-refractivity contribution is 14.1. The van der Waals surface area contributed by atoms with Crippen molar-refractivity contribution in [3.63, 3.8) is 0 Å². The Morgan fingerprint density at radius 1 is 1.02 bits per heavy atom. The van der Waals surface area contributed by atoms with Gasteiger partial charge in [-0.3, -0.25) is 9.36 Å². The van der Waals surface area contributed by atoms with E-state index in [1.165, 1.54) is 35.1 Å². The summed E-state index contributed by atoms with van der Waals surface area (Å²) in [5.74, 6) is -0.963. The monoisotopic (exact) mass is 890 g/mol. The minimum atomic E-state index is -0.999. The summed E-state index contributed by atoms with van der Waals surface area (Å²) in [6.45, 7) is 5.51. The third-order valence-corrected chi connectivity index (χ3v) is 9.95. The second-order valence-corrected chi connectivity index (χ2v) is 13.9. The third-order valence-electron chi connectivity index (χ3n) is 7.58. The Kier molecular flexibility index (Phi) is 12.4. The number of benzene rings is 3. The van der Waals surface area contributed by atoms with E-state index in [2.05, 4.69) is 48.3 Å². The molecule has 2 heterocycles. The van der Waals surface area contributed by atoms with Gasteiger partial charge in [-0.05, 0) is 118 Å². The Morgan fingerprint density at radius 3 is 2.41 bits per heavy atom. The molecule has 0 bridgehead atoms. The lowest BCUT2D eigenvalue weighted by molar-refractivity contribution is -0.143. The standard InChI is InChI=1S/C36H32BrIN2O10S/c1-5-47-27-16-23(11-12-26(27)49-18-29(41)46-4)31-30(35(45)48-6-2)19(3)39-36-40(31)33(42)28(51-36)15-21-13-24(37)32(25(38)14-21)50-17-20-7-9-22(10-8-20)34(43)44/h7-16,31H,5-6,17-18H2,1-4H3,(H,43,44)/b28-15-/t31-/m0/s1. The first-order valence-electron chi connectivity index (χ1n) is 15.6. The molecule has 0 unspecified atom stereocenters. The van der Waals surface area contributed by atoms with Crippen LogP contribution in [0.5, 0.6) is 17.2 Å². The number of hydrogen-bond acceptors (Lipinski definition) is 11.